The van der Waals surface area contributed by atoms with E-state index in [0.29, 0.717) is 17.2 Å². The minimum absolute atomic E-state index is 0.0708. The first-order valence-electron chi connectivity index (χ1n) is 17.9. The van der Waals surface area contributed by atoms with Crippen LogP contribution in [0.25, 0.3) is 0 Å². The fraction of sp³-hybridized carbons (Fsp3) is 0.700. The highest BCUT2D eigenvalue weighted by molar-refractivity contribution is 7.73. The van der Waals surface area contributed by atoms with Crippen LogP contribution in [0.5, 0.6) is 0 Å². The van der Waals surface area contributed by atoms with Gasteiger partial charge in [0, 0.05) is 5.41 Å². The quantitative estimate of drug-likeness (QED) is 0.312. The smallest absolute Gasteiger partial charge is 0.0739 e. The van der Waals surface area contributed by atoms with Crippen molar-refractivity contribution >= 4 is 26.3 Å². The van der Waals surface area contributed by atoms with Crippen molar-refractivity contribution < 1.29 is 4.57 Å². The van der Waals surface area contributed by atoms with Gasteiger partial charge >= 0.3 is 7.80 Å². The van der Waals surface area contributed by atoms with E-state index >= 15 is 4.57 Å². The van der Waals surface area contributed by atoms with Gasteiger partial charge in [-0.1, -0.05) is 102 Å². The Kier molecular flexibility index (Phi) is 9.38. The topological polar surface area (TPSA) is 17.1 Å². The van der Waals surface area contributed by atoms with Gasteiger partial charge in [0.2, 0.25) is 0 Å². The highest BCUT2D eigenvalue weighted by Crippen LogP contribution is 2.68. The summed E-state index contributed by atoms with van der Waals surface area (Å²) in [5, 5.41) is 3.02. The third kappa shape index (κ3) is 6.10. The zero-order valence-electron chi connectivity index (χ0n) is 28.4. The number of aryl methyl sites for hydroxylation is 4. The second kappa shape index (κ2) is 12.6. The molecule has 2 saturated heterocycles. The van der Waals surface area contributed by atoms with E-state index in [4.69, 9.17) is 0 Å². The van der Waals surface area contributed by atoms with Crippen molar-refractivity contribution in [2.75, 3.05) is 0 Å². The average molecular weight is 618 g/mol. The molecule has 5 aliphatic rings. The summed E-state index contributed by atoms with van der Waals surface area (Å²) in [6, 6.07) is 14.7. The van der Waals surface area contributed by atoms with Crippen molar-refractivity contribution in [2.24, 2.45) is 29.1 Å². The van der Waals surface area contributed by atoms with Crippen LogP contribution in [0.15, 0.2) is 36.4 Å². The third-order valence-electron chi connectivity index (χ3n) is 12.8. The fourth-order valence-corrected chi connectivity index (χ4v) is 17.7. The molecule has 3 aliphatic carbocycles. The van der Waals surface area contributed by atoms with Crippen LogP contribution in [0.2, 0.25) is 0 Å². The third-order valence-corrected chi connectivity index (χ3v) is 18.4. The molecule has 6 atom stereocenters. The molecule has 7 rings (SSSR count). The van der Waals surface area contributed by atoms with Gasteiger partial charge in [0.25, 0.3) is 0 Å². The molecule has 3 saturated carbocycles. The molecule has 0 aromatic heterocycles. The molecule has 2 aromatic carbocycles. The first-order chi connectivity index (χ1) is 20.5. The van der Waals surface area contributed by atoms with Crippen molar-refractivity contribution in [1.82, 2.24) is 0 Å². The van der Waals surface area contributed by atoms with E-state index in [-0.39, 0.29) is 10.6 Å². The molecular formula is C40H59OP2+. The van der Waals surface area contributed by atoms with Gasteiger partial charge in [0.05, 0.1) is 0 Å². The molecule has 2 aliphatic heterocycles. The lowest BCUT2D eigenvalue weighted by atomic mass is 9.64. The van der Waals surface area contributed by atoms with E-state index in [9.17, 15) is 0 Å². The van der Waals surface area contributed by atoms with Gasteiger partial charge in [-0.05, 0) is 141 Å². The summed E-state index contributed by atoms with van der Waals surface area (Å²) in [6.07, 6.45) is 17.5. The number of benzene rings is 2. The summed E-state index contributed by atoms with van der Waals surface area (Å²) in [5.41, 5.74) is 6.56. The molecule has 0 spiro atoms. The Morgan fingerprint density at radius 2 is 1.21 bits per heavy atom. The van der Waals surface area contributed by atoms with E-state index in [0.717, 1.165) is 17.8 Å². The Morgan fingerprint density at radius 3 is 1.77 bits per heavy atom. The highest BCUT2D eigenvalue weighted by atomic mass is 31.1. The van der Waals surface area contributed by atoms with Crippen molar-refractivity contribution in [1.29, 1.82) is 0 Å². The highest BCUT2D eigenvalue weighted by Gasteiger charge is 2.64. The van der Waals surface area contributed by atoms with Gasteiger partial charge in [0.1, 0.15) is 0 Å². The lowest BCUT2D eigenvalue weighted by Gasteiger charge is -2.49. The number of fused-ring (bicyclic) bond motifs is 6. The van der Waals surface area contributed by atoms with Gasteiger partial charge in [-0.15, -0.1) is 0 Å². The van der Waals surface area contributed by atoms with E-state index < -0.39 is 15.7 Å². The molecule has 1 nitrogen and oxygen atoms in total. The second-order valence-corrected chi connectivity index (χ2v) is 21.3. The van der Waals surface area contributed by atoms with Crippen molar-refractivity contribution in [3.8, 4) is 0 Å². The van der Waals surface area contributed by atoms with Crippen molar-refractivity contribution in [3.63, 3.8) is 0 Å². The van der Waals surface area contributed by atoms with Gasteiger partial charge < -0.3 is 0 Å². The van der Waals surface area contributed by atoms with Crippen LogP contribution >= 0.6 is 15.7 Å². The monoisotopic (exact) mass is 617 g/mol. The van der Waals surface area contributed by atoms with Gasteiger partial charge in [-0.3, -0.25) is 0 Å². The van der Waals surface area contributed by atoms with Gasteiger partial charge in [-0.2, -0.15) is 0 Å². The van der Waals surface area contributed by atoms with Crippen LogP contribution in [-0.2, 0) is 4.57 Å². The molecule has 43 heavy (non-hydrogen) atoms. The van der Waals surface area contributed by atoms with E-state index in [1.54, 1.807) is 10.6 Å². The fourth-order valence-electron chi connectivity index (χ4n) is 11.3. The summed E-state index contributed by atoms with van der Waals surface area (Å²) in [4.78, 5) is 0. The van der Waals surface area contributed by atoms with Crippen LogP contribution in [0, 0.1) is 56.8 Å². The Balaban J connectivity index is 1.51. The predicted molar refractivity (Wildman–Crippen MR) is 189 cm³/mol. The minimum atomic E-state index is -1.32. The standard InChI is InChI=1S/C40H59OP2/c1-27-20-28(2)23-35(22-27)42(36-24-29(3)21-30(4)25-36)31(5)40-19-11-18-38(40)43(41)39(6,7)26-33-14-10-17-37(33)32-12-8-15-34(40)16-9-13-32/h20-25,31-34,37-38H,8-19,26H2,1-7H3/q+1. The summed E-state index contributed by atoms with van der Waals surface area (Å²) < 4.78 is 15.3. The van der Waals surface area contributed by atoms with Crippen LogP contribution < -0.4 is 10.6 Å². The first kappa shape index (κ1) is 31.9. The van der Waals surface area contributed by atoms with Crippen LogP contribution in [0.1, 0.15) is 126 Å². The maximum atomic E-state index is 15.3. The molecule has 2 bridgehead atoms. The summed E-state index contributed by atoms with van der Waals surface area (Å²) in [7, 11) is -1.92. The molecule has 2 heterocycles. The average Bonchev–Trinajstić information content (AvgIpc) is 3.54. The molecule has 2 aromatic rings. The number of rotatable bonds is 4. The van der Waals surface area contributed by atoms with E-state index in [2.05, 4.69) is 84.9 Å². The maximum Gasteiger partial charge on any atom is 0.348 e. The first-order valence-corrected chi connectivity index (χ1v) is 20.7. The molecule has 6 unspecified atom stereocenters. The zero-order valence-corrected chi connectivity index (χ0v) is 30.2. The van der Waals surface area contributed by atoms with E-state index in [1.807, 2.05) is 0 Å². The Bertz CT molecular complexity index is 1230. The number of hydrogen-bond acceptors (Lipinski definition) is 1. The molecule has 5 fully saturated rings. The normalized spacial score (nSPS) is 34.2. The lowest BCUT2D eigenvalue weighted by Crippen LogP contribution is -2.48. The Morgan fingerprint density at radius 1 is 0.698 bits per heavy atom. The SMILES string of the molecule is Cc1cc(C)cc(P(c2cc(C)cc(C)c2)C(C)C23CCCC2[P+](=O)C(C)(C)CC2CCCC2C2CCCC3CCC2)c1. The van der Waals surface area contributed by atoms with Crippen LogP contribution in [0.3, 0.4) is 0 Å². The van der Waals surface area contributed by atoms with Gasteiger partial charge in [-0.25, -0.2) is 0 Å². The zero-order chi connectivity index (χ0) is 30.5. The summed E-state index contributed by atoms with van der Waals surface area (Å²) in [5.74, 6) is 3.31. The predicted octanol–water partition coefficient (Wildman–Crippen LogP) is 11.3. The Labute approximate surface area is 266 Å². The molecule has 234 valence electrons. The van der Waals surface area contributed by atoms with Crippen molar-refractivity contribution in [3.05, 3.63) is 58.7 Å². The summed E-state index contributed by atoms with van der Waals surface area (Å²) in [6.45, 7) is 16.6. The Hall–Kier alpha value is -1.03. The lowest BCUT2D eigenvalue weighted by molar-refractivity contribution is 0.109. The van der Waals surface area contributed by atoms with Crippen LogP contribution in [0.4, 0.5) is 0 Å². The number of hydrogen-bond donors (Lipinski definition) is 0. The van der Waals surface area contributed by atoms with Crippen molar-refractivity contribution in [2.45, 2.75) is 148 Å². The molecular weight excluding hydrogens is 558 g/mol. The van der Waals surface area contributed by atoms with Gasteiger partial charge in [0.15, 0.2) is 10.8 Å². The van der Waals surface area contributed by atoms with Crippen LogP contribution in [-0.4, -0.2) is 16.5 Å². The largest absolute Gasteiger partial charge is 0.348 e. The second-order valence-electron chi connectivity index (χ2n) is 16.3. The van der Waals surface area contributed by atoms with E-state index in [1.165, 1.54) is 106 Å². The molecule has 0 N–H and O–H groups in total. The molecule has 0 amide bonds. The maximum absolute atomic E-state index is 15.3. The molecule has 3 heteroatoms. The molecule has 0 radical (unpaired) electrons. The summed E-state index contributed by atoms with van der Waals surface area (Å²) >= 11 is 0. The minimum Gasteiger partial charge on any atom is -0.0739 e.